The van der Waals surface area contributed by atoms with E-state index < -0.39 is 23.5 Å². The first-order valence-electron chi connectivity index (χ1n) is 19.6. The summed E-state index contributed by atoms with van der Waals surface area (Å²) >= 11 is 1.30. The number of thioether (sulfide) groups is 1. The van der Waals surface area contributed by atoms with Crippen molar-refractivity contribution in [1.29, 1.82) is 0 Å². The number of anilines is 1. The van der Waals surface area contributed by atoms with Crippen LogP contribution in [0, 0.1) is 24.0 Å². The van der Waals surface area contributed by atoms with E-state index in [1.54, 1.807) is 18.2 Å². The zero-order valence-corrected chi connectivity index (χ0v) is 31.8. The van der Waals surface area contributed by atoms with Crippen molar-refractivity contribution < 1.29 is 26.7 Å². The van der Waals surface area contributed by atoms with Gasteiger partial charge in [0.25, 0.3) is 0 Å². The SMILES string of the molecule is C#Cc1c(F)ccc2cccc(-c3nc4c5c(nc(OC[C@@]67CCCN6[C@H](CSc6cc(C(F)(F)F)ncn6)CC7)nc5c3F)N3C[C@H]5CC[C@H](N5)[C@H]3CCC4)c12. The summed E-state index contributed by atoms with van der Waals surface area (Å²) in [7, 11) is 0. The van der Waals surface area contributed by atoms with Gasteiger partial charge in [0.1, 0.15) is 46.5 Å². The third-order valence-electron chi connectivity index (χ3n) is 12.8. The summed E-state index contributed by atoms with van der Waals surface area (Å²) in [5.41, 5.74) is 0.0280. The van der Waals surface area contributed by atoms with Gasteiger partial charge in [-0.15, -0.1) is 18.2 Å². The number of aryl methyl sites for hydroxylation is 1. The number of alkyl halides is 3. The maximum Gasteiger partial charge on any atom is 0.433 e. The lowest BCUT2D eigenvalue weighted by atomic mass is 9.93. The second-order valence-corrected chi connectivity index (χ2v) is 17.0. The van der Waals surface area contributed by atoms with E-state index >= 15 is 8.78 Å². The maximum absolute atomic E-state index is 17.4. The number of piperazine rings is 1. The summed E-state index contributed by atoms with van der Waals surface area (Å²) in [5.74, 6) is 2.47. The van der Waals surface area contributed by atoms with Gasteiger partial charge in [-0.25, -0.2) is 23.7 Å². The molecule has 2 aromatic carbocycles. The van der Waals surface area contributed by atoms with E-state index in [0.29, 0.717) is 51.4 Å². The molecule has 0 unspecified atom stereocenters. The average Bonchev–Trinajstić information content (AvgIpc) is 3.90. The van der Waals surface area contributed by atoms with Crippen LogP contribution < -0.4 is 15.0 Å². The summed E-state index contributed by atoms with van der Waals surface area (Å²) < 4.78 is 79.0. The first kappa shape index (κ1) is 36.7. The molecule has 8 heterocycles. The highest BCUT2D eigenvalue weighted by Gasteiger charge is 2.50. The van der Waals surface area contributed by atoms with E-state index in [1.165, 1.54) is 17.8 Å². The van der Waals surface area contributed by atoms with Crippen molar-refractivity contribution in [1.82, 2.24) is 35.1 Å². The predicted octanol–water partition coefficient (Wildman–Crippen LogP) is 7.73. The molecule has 9 nitrogen and oxygen atoms in total. The van der Waals surface area contributed by atoms with Gasteiger partial charge >= 0.3 is 12.2 Å². The highest BCUT2D eigenvalue weighted by atomic mass is 32.2. The highest BCUT2D eigenvalue weighted by Crippen LogP contribution is 2.46. The van der Waals surface area contributed by atoms with Gasteiger partial charge in [-0.3, -0.25) is 4.90 Å². The summed E-state index contributed by atoms with van der Waals surface area (Å²) in [6.07, 6.45) is 10.2. The molecule has 0 aliphatic carbocycles. The molecule has 0 saturated carbocycles. The van der Waals surface area contributed by atoms with Gasteiger partial charge in [0.05, 0.1) is 22.2 Å². The number of fused-ring (bicyclic) bond motifs is 7. The number of halogens is 5. The van der Waals surface area contributed by atoms with Crippen LogP contribution in [0.15, 0.2) is 47.8 Å². The van der Waals surface area contributed by atoms with Gasteiger partial charge in [0.15, 0.2) is 5.82 Å². The number of aromatic nitrogens is 5. The molecule has 15 heteroatoms. The Labute approximate surface area is 330 Å². The van der Waals surface area contributed by atoms with E-state index in [4.69, 9.17) is 26.1 Å². The number of benzene rings is 2. The van der Waals surface area contributed by atoms with Crippen LogP contribution in [0.2, 0.25) is 0 Å². The zero-order chi connectivity index (χ0) is 39.1. The fourth-order valence-corrected chi connectivity index (χ4v) is 11.3. The molecule has 4 saturated heterocycles. The van der Waals surface area contributed by atoms with Crippen LogP contribution in [0.3, 0.4) is 0 Å². The number of hydrogen-bond donors (Lipinski definition) is 1. The second-order valence-electron chi connectivity index (χ2n) is 16.0. The molecular formula is C42H39F5N8OS. The Balaban J connectivity index is 1.02. The molecule has 5 aliphatic heterocycles. The van der Waals surface area contributed by atoms with E-state index in [-0.39, 0.29) is 58.1 Å². The van der Waals surface area contributed by atoms with Crippen molar-refractivity contribution in [3.8, 4) is 29.6 Å². The predicted molar refractivity (Wildman–Crippen MR) is 207 cm³/mol. The largest absolute Gasteiger partial charge is 0.461 e. The topological polar surface area (TPSA) is 92.2 Å². The number of ether oxygens (including phenoxy) is 1. The molecule has 5 atom stereocenters. The summed E-state index contributed by atoms with van der Waals surface area (Å²) in [6, 6.07) is 10.2. The Bertz CT molecular complexity index is 2460. The lowest BCUT2D eigenvalue weighted by Crippen LogP contribution is -2.58. The first-order chi connectivity index (χ1) is 27.6. The Hall–Kier alpha value is -4.65. The molecular weight excluding hydrogens is 760 g/mol. The average molecular weight is 799 g/mol. The molecule has 4 fully saturated rings. The first-order valence-corrected chi connectivity index (χ1v) is 20.6. The molecule has 294 valence electrons. The van der Waals surface area contributed by atoms with Crippen LogP contribution in [0.25, 0.3) is 32.9 Å². The van der Waals surface area contributed by atoms with Crippen LogP contribution >= 0.6 is 11.8 Å². The van der Waals surface area contributed by atoms with Gasteiger partial charge in [-0.05, 0) is 75.8 Å². The Morgan fingerprint density at radius 2 is 1.89 bits per heavy atom. The Morgan fingerprint density at radius 1 is 1.00 bits per heavy atom. The van der Waals surface area contributed by atoms with E-state index in [9.17, 15) is 13.2 Å². The third kappa shape index (κ3) is 6.26. The standard InChI is InChI=1S/C42H39F5N8OS/c1-2-26-28(43)12-10-23-6-3-7-27(34(23)26)37-36(44)38-35-30(51-37)8-4-9-31-29-13-11-24(50-29)19-54(31)39(35)53-40(52-38)56-21-41-15-5-17-55(41)25(14-16-41)20-57-33-18-32(42(45,46)47)48-22-49-33/h1,3,6-7,10,12,18,22,24-25,29,31,50H,4-5,8-9,11,13-17,19-21H2/t24-,25+,29+,31-,41+/m1/s1. The molecule has 5 aliphatic rings. The zero-order valence-electron chi connectivity index (χ0n) is 31.0. The minimum atomic E-state index is -4.54. The number of rotatable bonds is 7. The van der Waals surface area contributed by atoms with Gasteiger partial charge in [0, 0.05) is 53.5 Å². The van der Waals surface area contributed by atoms with Crippen molar-refractivity contribution in [2.75, 3.05) is 30.3 Å². The normalized spacial score (nSPS) is 25.6. The fraction of sp³-hybridized carbons (Fsp3) is 0.452. The van der Waals surface area contributed by atoms with E-state index in [2.05, 4.69) is 31.0 Å². The van der Waals surface area contributed by atoms with Crippen molar-refractivity contribution >= 4 is 39.3 Å². The van der Waals surface area contributed by atoms with E-state index in [0.717, 1.165) is 76.8 Å². The molecule has 5 aromatic rings. The van der Waals surface area contributed by atoms with Crippen LogP contribution in [-0.4, -0.2) is 85.0 Å². The Kier molecular flexibility index (Phi) is 9.02. The van der Waals surface area contributed by atoms with Crippen molar-refractivity contribution in [3.05, 3.63) is 71.3 Å². The van der Waals surface area contributed by atoms with Crippen LogP contribution in [0.1, 0.15) is 68.3 Å². The second kappa shape index (κ2) is 14.0. The van der Waals surface area contributed by atoms with Crippen LogP contribution in [0.5, 0.6) is 6.01 Å². The molecule has 57 heavy (non-hydrogen) atoms. The summed E-state index contributed by atoms with van der Waals surface area (Å²) in [6.45, 7) is 1.83. The van der Waals surface area contributed by atoms with Gasteiger partial charge in [-0.2, -0.15) is 23.1 Å². The van der Waals surface area contributed by atoms with E-state index in [1.807, 2.05) is 6.07 Å². The quantitative estimate of drug-likeness (QED) is 0.0764. The molecule has 0 spiro atoms. The minimum Gasteiger partial charge on any atom is -0.461 e. The maximum atomic E-state index is 17.4. The van der Waals surface area contributed by atoms with Crippen LogP contribution in [0.4, 0.5) is 27.8 Å². The number of pyridine rings is 1. The Morgan fingerprint density at radius 3 is 2.75 bits per heavy atom. The molecule has 0 radical (unpaired) electrons. The van der Waals surface area contributed by atoms with Gasteiger partial charge in [0.2, 0.25) is 0 Å². The third-order valence-corrected chi connectivity index (χ3v) is 13.9. The number of hydrogen-bond acceptors (Lipinski definition) is 10. The smallest absolute Gasteiger partial charge is 0.433 e. The molecule has 0 amide bonds. The summed E-state index contributed by atoms with van der Waals surface area (Å²) in [4.78, 5) is 27.1. The lowest BCUT2D eigenvalue weighted by molar-refractivity contribution is -0.141. The van der Waals surface area contributed by atoms with Gasteiger partial charge in [-0.1, -0.05) is 30.2 Å². The molecule has 3 aromatic heterocycles. The van der Waals surface area contributed by atoms with Crippen LogP contribution in [-0.2, 0) is 12.6 Å². The van der Waals surface area contributed by atoms with Gasteiger partial charge < -0.3 is 15.0 Å². The van der Waals surface area contributed by atoms with Crippen molar-refractivity contribution in [3.63, 3.8) is 0 Å². The summed E-state index contributed by atoms with van der Waals surface area (Å²) in [5, 5.41) is 5.75. The lowest BCUT2D eigenvalue weighted by Gasteiger charge is -2.43. The molecule has 2 bridgehead atoms. The number of nitrogens with one attached hydrogen (secondary N) is 1. The molecule has 10 rings (SSSR count). The minimum absolute atomic E-state index is 0.0512. The fourth-order valence-electron chi connectivity index (χ4n) is 10.2. The number of terminal acetylenes is 1. The molecule has 1 N–H and O–H groups in total. The van der Waals surface area contributed by atoms with Crippen molar-refractivity contribution in [2.24, 2.45) is 0 Å². The monoisotopic (exact) mass is 798 g/mol. The van der Waals surface area contributed by atoms with Crippen molar-refractivity contribution in [2.45, 2.75) is 98.7 Å². The highest BCUT2D eigenvalue weighted by molar-refractivity contribution is 7.99. The number of nitrogens with zero attached hydrogens (tertiary/aromatic N) is 7.